The third-order valence-corrected chi connectivity index (χ3v) is 5.37. The Balaban J connectivity index is 1.84. The zero-order valence-corrected chi connectivity index (χ0v) is 12.7. The van der Waals surface area contributed by atoms with Gasteiger partial charge in [0.05, 0.1) is 0 Å². The first-order valence-corrected chi connectivity index (χ1v) is 8.68. The van der Waals surface area contributed by atoms with E-state index in [1.54, 1.807) is 0 Å². The van der Waals surface area contributed by atoms with Gasteiger partial charge in [0.15, 0.2) is 0 Å². The van der Waals surface area contributed by atoms with Gasteiger partial charge < -0.3 is 10.4 Å². The van der Waals surface area contributed by atoms with Crippen molar-refractivity contribution in [1.82, 2.24) is 5.32 Å². The predicted molar refractivity (Wildman–Crippen MR) is 81.2 cm³/mol. The second-order valence-corrected chi connectivity index (χ2v) is 6.89. The van der Waals surface area contributed by atoms with E-state index in [-0.39, 0.29) is 0 Å². The first-order chi connectivity index (χ1) is 9.31. The molecule has 0 aromatic carbocycles. The van der Waals surface area contributed by atoms with E-state index in [0.29, 0.717) is 12.6 Å². The lowest BCUT2D eigenvalue weighted by Gasteiger charge is -2.40. The minimum atomic E-state index is 0.336. The normalized spacial score (nSPS) is 31.3. The zero-order valence-electron chi connectivity index (χ0n) is 12.7. The summed E-state index contributed by atoms with van der Waals surface area (Å²) in [5, 5.41) is 12.8. The molecule has 2 aliphatic rings. The van der Waals surface area contributed by atoms with E-state index < -0.39 is 0 Å². The smallest absolute Gasteiger partial charge is 0.0431 e. The van der Waals surface area contributed by atoms with Crippen LogP contribution in [0, 0.1) is 11.8 Å². The lowest BCUT2D eigenvalue weighted by molar-refractivity contribution is 0.141. The Bertz CT molecular complexity index is 237. The molecule has 0 saturated heterocycles. The number of aliphatic hydroxyl groups excluding tert-OH is 1. The SMILES string of the molecule is CC(CCCO)NC1CCCCC1C1CCCCC1. The second kappa shape index (κ2) is 8.26. The highest BCUT2D eigenvalue weighted by atomic mass is 16.2. The molecule has 0 spiro atoms. The van der Waals surface area contributed by atoms with Crippen LogP contribution in [-0.2, 0) is 0 Å². The Hall–Kier alpha value is -0.0800. The molecule has 2 N–H and O–H groups in total. The van der Waals surface area contributed by atoms with Gasteiger partial charge >= 0.3 is 0 Å². The maximum atomic E-state index is 8.95. The zero-order chi connectivity index (χ0) is 13.5. The van der Waals surface area contributed by atoms with Gasteiger partial charge in [-0.3, -0.25) is 0 Å². The number of nitrogens with one attached hydrogen (secondary N) is 1. The Morgan fingerprint density at radius 3 is 2.42 bits per heavy atom. The summed E-state index contributed by atoms with van der Waals surface area (Å²) in [5.41, 5.74) is 0. The second-order valence-electron chi connectivity index (χ2n) is 6.89. The van der Waals surface area contributed by atoms with E-state index in [1.165, 1.54) is 57.8 Å². The molecule has 0 bridgehead atoms. The maximum absolute atomic E-state index is 8.95. The highest BCUT2D eigenvalue weighted by molar-refractivity contribution is 4.88. The van der Waals surface area contributed by atoms with Gasteiger partial charge in [-0.25, -0.2) is 0 Å². The molecule has 19 heavy (non-hydrogen) atoms. The molecule has 0 aromatic heterocycles. The van der Waals surface area contributed by atoms with E-state index in [4.69, 9.17) is 5.11 Å². The molecule has 112 valence electrons. The lowest BCUT2D eigenvalue weighted by atomic mass is 9.71. The molecule has 2 saturated carbocycles. The highest BCUT2D eigenvalue weighted by Gasteiger charge is 2.32. The summed E-state index contributed by atoms with van der Waals surface area (Å²) in [6.07, 6.45) is 15.1. The highest BCUT2D eigenvalue weighted by Crippen LogP contribution is 2.38. The van der Waals surface area contributed by atoms with Crippen LogP contribution in [0.1, 0.15) is 77.6 Å². The van der Waals surface area contributed by atoms with Crippen molar-refractivity contribution in [1.29, 1.82) is 0 Å². The van der Waals surface area contributed by atoms with Crippen LogP contribution in [0.15, 0.2) is 0 Å². The molecule has 0 amide bonds. The van der Waals surface area contributed by atoms with Crippen LogP contribution in [0.4, 0.5) is 0 Å². The van der Waals surface area contributed by atoms with Gasteiger partial charge in [0.1, 0.15) is 0 Å². The summed E-state index contributed by atoms with van der Waals surface area (Å²) >= 11 is 0. The van der Waals surface area contributed by atoms with E-state index in [1.807, 2.05) is 0 Å². The lowest BCUT2D eigenvalue weighted by Crippen LogP contribution is -2.46. The summed E-state index contributed by atoms with van der Waals surface area (Å²) in [7, 11) is 0. The van der Waals surface area contributed by atoms with Crippen LogP contribution in [-0.4, -0.2) is 23.8 Å². The van der Waals surface area contributed by atoms with Crippen LogP contribution in [0.2, 0.25) is 0 Å². The molecule has 0 radical (unpaired) electrons. The van der Waals surface area contributed by atoms with Crippen molar-refractivity contribution in [2.45, 2.75) is 89.6 Å². The van der Waals surface area contributed by atoms with E-state index in [2.05, 4.69) is 12.2 Å². The number of hydrogen-bond acceptors (Lipinski definition) is 2. The van der Waals surface area contributed by atoms with Crippen molar-refractivity contribution >= 4 is 0 Å². The minimum Gasteiger partial charge on any atom is -0.396 e. The third-order valence-electron chi connectivity index (χ3n) is 5.37. The summed E-state index contributed by atoms with van der Waals surface area (Å²) in [6.45, 7) is 2.63. The largest absolute Gasteiger partial charge is 0.396 e. The molecule has 2 aliphatic carbocycles. The molecule has 2 fully saturated rings. The molecule has 0 heterocycles. The van der Waals surface area contributed by atoms with E-state index in [0.717, 1.165) is 30.7 Å². The standard InChI is InChI=1S/C17H33NO/c1-14(8-7-13-19)18-17-12-6-5-11-16(17)15-9-3-2-4-10-15/h14-19H,2-13H2,1H3. The molecule has 2 heteroatoms. The monoisotopic (exact) mass is 267 g/mol. The third kappa shape index (κ3) is 4.75. The number of hydrogen-bond donors (Lipinski definition) is 2. The summed E-state index contributed by atoms with van der Waals surface area (Å²) in [5.74, 6) is 1.93. The van der Waals surface area contributed by atoms with Crippen LogP contribution in [0.5, 0.6) is 0 Å². The quantitative estimate of drug-likeness (QED) is 0.765. The van der Waals surface area contributed by atoms with Crippen molar-refractivity contribution in [2.24, 2.45) is 11.8 Å². The Kier molecular flexibility index (Phi) is 6.66. The van der Waals surface area contributed by atoms with Crippen molar-refractivity contribution < 1.29 is 5.11 Å². The average Bonchev–Trinajstić information content (AvgIpc) is 2.46. The van der Waals surface area contributed by atoms with Crippen LogP contribution < -0.4 is 5.32 Å². The summed E-state index contributed by atoms with van der Waals surface area (Å²) in [6, 6.07) is 1.33. The molecular weight excluding hydrogens is 234 g/mol. The van der Waals surface area contributed by atoms with Crippen LogP contribution >= 0.6 is 0 Å². The Labute approximate surface area is 119 Å². The minimum absolute atomic E-state index is 0.336. The van der Waals surface area contributed by atoms with Gasteiger partial charge in [-0.05, 0) is 44.4 Å². The van der Waals surface area contributed by atoms with Crippen molar-refractivity contribution in [3.05, 3.63) is 0 Å². The Morgan fingerprint density at radius 1 is 1.00 bits per heavy atom. The molecular formula is C17H33NO. The maximum Gasteiger partial charge on any atom is 0.0431 e. The molecule has 0 aliphatic heterocycles. The predicted octanol–water partition coefficient (Wildman–Crippen LogP) is 3.88. The molecule has 2 rings (SSSR count). The van der Waals surface area contributed by atoms with Crippen molar-refractivity contribution in [3.8, 4) is 0 Å². The molecule has 0 aromatic rings. The van der Waals surface area contributed by atoms with Gasteiger partial charge in [0, 0.05) is 18.7 Å². The van der Waals surface area contributed by atoms with Crippen LogP contribution in [0.3, 0.4) is 0 Å². The van der Waals surface area contributed by atoms with Crippen molar-refractivity contribution in [2.75, 3.05) is 6.61 Å². The fraction of sp³-hybridized carbons (Fsp3) is 1.00. The fourth-order valence-corrected chi connectivity index (χ4v) is 4.34. The first-order valence-electron chi connectivity index (χ1n) is 8.68. The number of rotatable bonds is 6. The van der Waals surface area contributed by atoms with E-state index >= 15 is 0 Å². The molecule has 3 atom stereocenters. The van der Waals surface area contributed by atoms with Gasteiger partial charge in [0.2, 0.25) is 0 Å². The first kappa shape index (κ1) is 15.3. The topological polar surface area (TPSA) is 32.3 Å². The van der Waals surface area contributed by atoms with Gasteiger partial charge in [-0.2, -0.15) is 0 Å². The number of aliphatic hydroxyl groups is 1. The molecule has 3 unspecified atom stereocenters. The van der Waals surface area contributed by atoms with Gasteiger partial charge in [-0.15, -0.1) is 0 Å². The summed E-state index contributed by atoms with van der Waals surface area (Å²) < 4.78 is 0. The fourth-order valence-electron chi connectivity index (χ4n) is 4.34. The molecule has 2 nitrogen and oxygen atoms in total. The van der Waals surface area contributed by atoms with E-state index in [9.17, 15) is 0 Å². The van der Waals surface area contributed by atoms with Crippen molar-refractivity contribution in [3.63, 3.8) is 0 Å². The Morgan fingerprint density at radius 2 is 1.68 bits per heavy atom. The van der Waals surface area contributed by atoms with Gasteiger partial charge in [-0.1, -0.05) is 44.9 Å². The summed E-state index contributed by atoms with van der Waals surface area (Å²) in [4.78, 5) is 0. The average molecular weight is 267 g/mol. The van der Waals surface area contributed by atoms with Gasteiger partial charge in [0.25, 0.3) is 0 Å². The van der Waals surface area contributed by atoms with Crippen LogP contribution in [0.25, 0.3) is 0 Å².